The number of carbonyl (C=O) groups excluding carboxylic acids is 1. The summed E-state index contributed by atoms with van der Waals surface area (Å²) in [7, 11) is -3.29. The van der Waals surface area contributed by atoms with Gasteiger partial charge in [-0.25, -0.2) is 8.42 Å². The van der Waals surface area contributed by atoms with Gasteiger partial charge in [0.15, 0.2) is 9.84 Å². The Balaban J connectivity index is 1.97. The van der Waals surface area contributed by atoms with Gasteiger partial charge in [0.25, 0.3) is 5.91 Å². The lowest BCUT2D eigenvalue weighted by Gasteiger charge is -2.23. The minimum Gasteiger partial charge on any atom is -0.350 e. The molecule has 1 aliphatic heterocycles. The molecule has 0 bridgehead atoms. The van der Waals surface area contributed by atoms with Gasteiger partial charge in [-0.05, 0) is 51.1 Å². The van der Waals surface area contributed by atoms with Crippen molar-refractivity contribution >= 4 is 15.7 Å². The smallest absolute Gasteiger partial charge is 0.251 e. The summed E-state index contributed by atoms with van der Waals surface area (Å²) in [5.74, 6) is -0.230. The molecule has 1 aromatic carbocycles. The van der Waals surface area contributed by atoms with Gasteiger partial charge in [0.05, 0.1) is 4.90 Å². The van der Waals surface area contributed by atoms with Crippen LogP contribution in [0.1, 0.15) is 30.1 Å². The Hall–Kier alpha value is -1.40. The average Bonchev–Trinajstić information content (AvgIpc) is 2.98. The molecular weight excluding hydrogens is 288 g/mol. The van der Waals surface area contributed by atoms with Crippen molar-refractivity contribution in [2.45, 2.75) is 30.7 Å². The summed E-state index contributed by atoms with van der Waals surface area (Å²) in [6, 6.07) is 6.44. The van der Waals surface area contributed by atoms with Crippen molar-refractivity contribution in [1.29, 1.82) is 0 Å². The Morgan fingerprint density at radius 3 is 2.62 bits per heavy atom. The van der Waals surface area contributed by atoms with Crippen molar-refractivity contribution in [3.8, 4) is 0 Å². The van der Waals surface area contributed by atoms with E-state index >= 15 is 0 Å². The average molecular weight is 310 g/mol. The van der Waals surface area contributed by atoms with Crippen LogP contribution < -0.4 is 5.32 Å². The summed E-state index contributed by atoms with van der Waals surface area (Å²) in [5, 5.41) is 2.88. The number of nitrogens with zero attached hydrogens (tertiary/aromatic N) is 1. The maximum absolute atomic E-state index is 12.1. The topological polar surface area (TPSA) is 66.5 Å². The zero-order chi connectivity index (χ0) is 15.5. The Morgan fingerprint density at radius 1 is 1.33 bits per heavy atom. The molecule has 6 heteroatoms. The van der Waals surface area contributed by atoms with Crippen LogP contribution in [-0.4, -0.2) is 51.2 Å². The first-order chi connectivity index (χ1) is 9.88. The van der Waals surface area contributed by atoms with Crippen LogP contribution in [0, 0.1) is 0 Å². The third-order valence-corrected chi connectivity index (χ3v) is 4.96. The fourth-order valence-electron chi connectivity index (χ4n) is 2.52. The number of nitrogens with one attached hydrogen (secondary N) is 1. The molecular formula is C15H22N2O3S. The number of benzene rings is 1. The highest BCUT2D eigenvalue weighted by molar-refractivity contribution is 7.90. The molecule has 1 unspecified atom stereocenters. The molecule has 1 amide bonds. The van der Waals surface area contributed by atoms with E-state index in [4.69, 9.17) is 0 Å². The molecule has 5 nitrogen and oxygen atoms in total. The molecule has 1 saturated heterocycles. The maximum atomic E-state index is 12.1. The molecule has 1 aromatic rings. The van der Waals surface area contributed by atoms with E-state index in [0.717, 1.165) is 19.3 Å². The molecule has 1 aliphatic rings. The fraction of sp³-hybridized carbons (Fsp3) is 0.533. The summed E-state index contributed by atoms with van der Waals surface area (Å²) in [6.07, 6.45) is 3.57. The Morgan fingerprint density at radius 2 is 2.00 bits per heavy atom. The van der Waals surface area contributed by atoms with Gasteiger partial charge in [0.2, 0.25) is 0 Å². The lowest BCUT2D eigenvalue weighted by atomic mass is 10.2. The van der Waals surface area contributed by atoms with Crippen LogP contribution in [0.25, 0.3) is 0 Å². The van der Waals surface area contributed by atoms with Crippen LogP contribution in [0.5, 0.6) is 0 Å². The third kappa shape index (κ3) is 4.28. The van der Waals surface area contributed by atoms with E-state index in [9.17, 15) is 13.2 Å². The molecule has 1 fully saturated rings. The monoisotopic (exact) mass is 310 g/mol. The van der Waals surface area contributed by atoms with E-state index in [1.165, 1.54) is 25.0 Å². The fourth-order valence-corrected chi connectivity index (χ4v) is 3.19. The highest BCUT2D eigenvalue weighted by Gasteiger charge is 2.19. The lowest BCUT2D eigenvalue weighted by Crippen LogP contribution is -2.40. The van der Waals surface area contributed by atoms with Gasteiger partial charge in [-0.15, -0.1) is 0 Å². The van der Waals surface area contributed by atoms with Crippen molar-refractivity contribution in [1.82, 2.24) is 10.2 Å². The van der Waals surface area contributed by atoms with Gasteiger partial charge in [-0.2, -0.15) is 0 Å². The quantitative estimate of drug-likeness (QED) is 0.890. The molecule has 0 spiro atoms. The molecule has 0 radical (unpaired) electrons. The van der Waals surface area contributed by atoms with Gasteiger partial charge in [-0.1, -0.05) is 6.07 Å². The SMILES string of the molecule is CC(CNC(=O)c1cccc(S(C)(=O)=O)c1)N1CCCC1. The van der Waals surface area contributed by atoms with Crippen LogP contribution in [0.3, 0.4) is 0 Å². The first-order valence-electron chi connectivity index (χ1n) is 7.20. The number of amides is 1. The van der Waals surface area contributed by atoms with Gasteiger partial charge < -0.3 is 5.32 Å². The van der Waals surface area contributed by atoms with Crippen molar-refractivity contribution in [2.24, 2.45) is 0 Å². The van der Waals surface area contributed by atoms with Crippen LogP contribution in [0.4, 0.5) is 0 Å². The number of rotatable bonds is 5. The highest BCUT2D eigenvalue weighted by atomic mass is 32.2. The Bertz CT molecular complexity index is 607. The summed E-state index contributed by atoms with van der Waals surface area (Å²) in [5.41, 5.74) is 0.381. The predicted molar refractivity (Wildman–Crippen MR) is 82.2 cm³/mol. The number of carbonyl (C=O) groups is 1. The summed E-state index contributed by atoms with van der Waals surface area (Å²) >= 11 is 0. The molecule has 1 atom stereocenters. The van der Waals surface area contributed by atoms with E-state index in [-0.39, 0.29) is 10.8 Å². The van der Waals surface area contributed by atoms with E-state index in [0.29, 0.717) is 18.2 Å². The van der Waals surface area contributed by atoms with Crippen LogP contribution >= 0.6 is 0 Å². The normalized spacial score (nSPS) is 17.6. The number of hydrogen-bond acceptors (Lipinski definition) is 4. The number of likely N-dealkylation sites (tertiary alicyclic amines) is 1. The second-order valence-electron chi connectivity index (χ2n) is 5.60. The standard InChI is InChI=1S/C15H22N2O3S/c1-12(17-8-3-4-9-17)11-16-15(18)13-6-5-7-14(10-13)21(2,19)20/h5-7,10,12H,3-4,8-9,11H2,1-2H3,(H,16,18). The van der Waals surface area contributed by atoms with Crippen molar-refractivity contribution in [2.75, 3.05) is 25.9 Å². The molecule has 1 N–H and O–H groups in total. The van der Waals surface area contributed by atoms with Crippen LogP contribution in [0.2, 0.25) is 0 Å². The third-order valence-electron chi connectivity index (χ3n) is 3.85. The second kappa shape index (κ2) is 6.58. The Labute approximate surface area is 126 Å². The van der Waals surface area contributed by atoms with Crippen LogP contribution in [0.15, 0.2) is 29.2 Å². The molecule has 0 aliphatic carbocycles. The molecule has 1 heterocycles. The van der Waals surface area contributed by atoms with E-state index in [1.807, 2.05) is 0 Å². The van der Waals surface area contributed by atoms with E-state index in [2.05, 4.69) is 17.1 Å². The van der Waals surface area contributed by atoms with Crippen molar-refractivity contribution in [3.05, 3.63) is 29.8 Å². The number of sulfone groups is 1. The molecule has 0 aromatic heterocycles. The van der Waals surface area contributed by atoms with Crippen molar-refractivity contribution in [3.63, 3.8) is 0 Å². The molecule has 0 saturated carbocycles. The molecule has 116 valence electrons. The van der Waals surface area contributed by atoms with Gasteiger partial charge in [0, 0.05) is 24.4 Å². The van der Waals surface area contributed by atoms with Crippen molar-refractivity contribution < 1.29 is 13.2 Å². The number of hydrogen-bond donors (Lipinski definition) is 1. The zero-order valence-corrected chi connectivity index (χ0v) is 13.3. The van der Waals surface area contributed by atoms with E-state index < -0.39 is 9.84 Å². The summed E-state index contributed by atoms with van der Waals surface area (Å²) in [6.45, 7) is 4.83. The minimum atomic E-state index is -3.29. The zero-order valence-electron chi connectivity index (χ0n) is 12.5. The Kier molecular flexibility index (Phi) is 5.00. The highest BCUT2D eigenvalue weighted by Crippen LogP contribution is 2.13. The van der Waals surface area contributed by atoms with Gasteiger partial charge >= 0.3 is 0 Å². The second-order valence-corrected chi connectivity index (χ2v) is 7.62. The molecule has 2 rings (SSSR count). The minimum absolute atomic E-state index is 0.169. The lowest BCUT2D eigenvalue weighted by molar-refractivity contribution is 0.0940. The summed E-state index contributed by atoms with van der Waals surface area (Å²) < 4.78 is 23.0. The van der Waals surface area contributed by atoms with Gasteiger partial charge in [-0.3, -0.25) is 9.69 Å². The summed E-state index contributed by atoms with van der Waals surface area (Å²) in [4.78, 5) is 14.6. The largest absolute Gasteiger partial charge is 0.350 e. The van der Waals surface area contributed by atoms with Crippen LogP contribution in [-0.2, 0) is 9.84 Å². The first kappa shape index (κ1) is 16.0. The predicted octanol–water partition coefficient (Wildman–Crippen LogP) is 1.30. The molecule has 21 heavy (non-hydrogen) atoms. The van der Waals surface area contributed by atoms with Gasteiger partial charge in [0.1, 0.15) is 0 Å². The first-order valence-corrected chi connectivity index (χ1v) is 9.09. The maximum Gasteiger partial charge on any atom is 0.251 e. The van der Waals surface area contributed by atoms with E-state index in [1.54, 1.807) is 12.1 Å².